The van der Waals surface area contributed by atoms with E-state index in [1.807, 2.05) is 0 Å². The summed E-state index contributed by atoms with van der Waals surface area (Å²) in [5.74, 6) is 0.367. The molecule has 1 aromatic carbocycles. The minimum absolute atomic E-state index is 0.00615. The van der Waals surface area contributed by atoms with Crippen LogP contribution in [0.5, 0.6) is 0 Å². The van der Waals surface area contributed by atoms with Gasteiger partial charge in [0.2, 0.25) is 0 Å². The Morgan fingerprint density at radius 1 is 1.29 bits per heavy atom. The summed E-state index contributed by atoms with van der Waals surface area (Å²) in [5, 5.41) is 0. The number of rotatable bonds is 3. The van der Waals surface area contributed by atoms with Crippen LogP contribution in [0.4, 0.5) is 4.39 Å². The Balaban J connectivity index is 2.30. The molecule has 2 rings (SSSR count). The number of benzene rings is 1. The molecule has 1 heterocycles. The summed E-state index contributed by atoms with van der Waals surface area (Å²) < 4.78 is 18.0. The molecule has 0 bridgehead atoms. The predicted molar refractivity (Wildman–Crippen MR) is 62.7 cm³/mol. The minimum atomic E-state index is -0.260. The number of Topliss-reactive ketones (excluding diaryl/α,β-unsaturated/α-hetero) is 1. The van der Waals surface area contributed by atoms with Gasteiger partial charge in [0.05, 0.1) is 11.8 Å². The molecule has 0 amide bonds. The highest BCUT2D eigenvalue weighted by atomic mass is 19.1. The lowest BCUT2D eigenvalue weighted by Crippen LogP contribution is -1.98. The molecule has 0 radical (unpaired) electrons. The largest absolute Gasteiger partial charge is 0.469 e. The second kappa shape index (κ2) is 4.53. The number of carbonyl (C=O) groups is 1. The van der Waals surface area contributed by atoms with Gasteiger partial charge < -0.3 is 4.42 Å². The Morgan fingerprint density at radius 3 is 2.53 bits per heavy atom. The molecule has 1 aromatic heterocycles. The highest BCUT2D eigenvalue weighted by molar-refractivity contribution is 5.96. The second-order valence-electron chi connectivity index (χ2n) is 4.05. The summed E-state index contributed by atoms with van der Waals surface area (Å²) in [6.45, 7) is 3.29. The van der Waals surface area contributed by atoms with Gasteiger partial charge >= 0.3 is 0 Å². The monoisotopic (exact) mass is 232 g/mol. The van der Waals surface area contributed by atoms with E-state index in [0.717, 1.165) is 11.1 Å². The van der Waals surface area contributed by atoms with Crippen LogP contribution in [0.1, 0.15) is 34.2 Å². The molecule has 0 aliphatic carbocycles. The minimum Gasteiger partial charge on any atom is -0.469 e. The van der Waals surface area contributed by atoms with Crippen LogP contribution in [0.2, 0.25) is 0 Å². The lowest BCUT2D eigenvalue weighted by molar-refractivity contribution is 0.101. The SMILES string of the molecule is CC(=O)c1c(Cc2ccc(F)cc2)coc1C. The van der Waals surface area contributed by atoms with E-state index < -0.39 is 0 Å². The van der Waals surface area contributed by atoms with Crippen molar-refractivity contribution in [1.82, 2.24) is 0 Å². The Bertz CT molecular complexity index is 538. The van der Waals surface area contributed by atoms with Crippen LogP contribution in [0, 0.1) is 12.7 Å². The van der Waals surface area contributed by atoms with Crippen molar-refractivity contribution < 1.29 is 13.6 Å². The maximum atomic E-state index is 12.8. The smallest absolute Gasteiger partial charge is 0.163 e. The zero-order valence-electron chi connectivity index (χ0n) is 9.79. The van der Waals surface area contributed by atoms with E-state index in [-0.39, 0.29) is 11.6 Å². The number of carbonyl (C=O) groups excluding carboxylic acids is 1. The summed E-state index contributed by atoms with van der Waals surface area (Å²) in [7, 11) is 0. The number of hydrogen-bond donors (Lipinski definition) is 0. The molecule has 0 spiro atoms. The number of ketones is 1. The average molecular weight is 232 g/mol. The third kappa shape index (κ3) is 2.44. The van der Waals surface area contributed by atoms with Gasteiger partial charge in [-0.05, 0) is 31.5 Å². The molecule has 17 heavy (non-hydrogen) atoms. The number of hydrogen-bond acceptors (Lipinski definition) is 2. The van der Waals surface area contributed by atoms with Gasteiger partial charge in [-0.25, -0.2) is 4.39 Å². The molecule has 2 aromatic rings. The molecule has 2 nitrogen and oxygen atoms in total. The van der Waals surface area contributed by atoms with Gasteiger partial charge in [-0.3, -0.25) is 4.79 Å². The van der Waals surface area contributed by atoms with Gasteiger partial charge in [0.15, 0.2) is 5.78 Å². The van der Waals surface area contributed by atoms with E-state index in [1.165, 1.54) is 19.1 Å². The van der Waals surface area contributed by atoms with Crippen LogP contribution in [-0.2, 0) is 6.42 Å². The molecular weight excluding hydrogens is 219 g/mol. The van der Waals surface area contributed by atoms with E-state index in [1.54, 1.807) is 25.3 Å². The van der Waals surface area contributed by atoms with E-state index in [0.29, 0.717) is 17.7 Å². The standard InChI is InChI=1S/C14H13FO2/c1-9(16)14-10(2)17-8-12(14)7-11-3-5-13(15)6-4-11/h3-6,8H,7H2,1-2H3. The van der Waals surface area contributed by atoms with Gasteiger partial charge in [-0.15, -0.1) is 0 Å². The average Bonchev–Trinajstić information content (AvgIpc) is 2.63. The van der Waals surface area contributed by atoms with Gasteiger partial charge in [0, 0.05) is 12.0 Å². The zero-order valence-corrected chi connectivity index (χ0v) is 9.79. The second-order valence-corrected chi connectivity index (χ2v) is 4.05. The Morgan fingerprint density at radius 2 is 1.94 bits per heavy atom. The lowest BCUT2D eigenvalue weighted by Gasteiger charge is -2.01. The Kier molecular flexibility index (Phi) is 3.09. The van der Waals surface area contributed by atoms with Crippen molar-refractivity contribution in [2.45, 2.75) is 20.3 Å². The van der Waals surface area contributed by atoms with E-state index in [2.05, 4.69) is 0 Å². The predicted octanol–water partition coefficient (Wildman–Crippen LogP) is 3.52. The van der Waals surface area contributed by atoms with Crippen LogP contribution in [0.25, 0.3) is 0 Å². The van der Waals surface area contributed by atoms with Crippen LogP contribution in [0.15, 0.2) is 34.9 Å². The summed E-state index contributed by atoms with van der Waals surface area (Å²) in [6, 6.07) is 6.24. The highest BCUT2D eigenvalue weighted by Crippen LogP contribution is 2.20. The highest BCUT2D eigenvalue weighted by Gasteiger charge is 2.14. The fraction of sp³-hybridized carbons (Fsp3) is 0.214. The summed E-state index contributed by atoms with van der Waals surface area (Å²) in [6.07, 6.45) is 2.17. The first-order valence-electron chi connectivity index (χ1n) is 5.40. The summed E-state index contributed by atoms with van der Waals surface area (Å²) >= 11 is 0. The molecule has 0 atom stereocenters. The normalized spacial score (nSPS) is 10.5. The molecule has 0 unspecified atom stereocenters. The molecule has 0 saturated carbocycles. The fourth-order valence-corrected chi connectivity index (χ4v) is 1.93. The zero-order chi connectivity index (χ0) is 12.4. The van der Waals surface area contributed by atoms with Crippen molar-refractivity contribution >= 4 is 5.78 Å². The molecule has 0 aliphatic heterocycles. The van der Waals surface area contributed by atoms with Crippen LogP contribution in [0.3, 0.4) is 0 Å². The molecule has 0 aliphatic rings. The van der Waals surface area contributed by atoms with Crippen molar-refractivity contribution in [3.63, 3.8) is 0 Å². The quantitative estimate of drug-likeness (QED) is 0.758. The first kappa shape index (κ1) is 11.6. The number of aryl methyl sites for hydroxylation is 1. The molecule has 3 heteroatoms. The Labute approximate surface area is 99.1 Å². The number of halogens is 1. The molecule has 88 valence electrons. The first-order valence-corrected chi connectivity index (χ1v) is 5.40. The van der Waals surface area contributed by atoms with Crippen LogP contribution >= 0.6 is 0 Å². The topological polar surface area (TPSA) is 30.2 Å². The van der Waals surface area contributed by atoms with Crippen LogP contribution < -0.4 is 0 Å². The first-order chi connectivity index (χ1) is 8.08. The van der Waals surface area contributed by atoms with Gasteiger partial charge in [0.25, 0.3) is 0 Å². The van der Waals surface area contributed by atoms with Gasteiger partial charge in [0.1, 0.15) is 11.6 Å². The van der Waals surface area contributed by atoms with Crippen molar-refractivity contribution in [3.8, 4) is 0 Å². The maximum absolute atomic E-state index is 12.8. The number of furan rings is 1. The van der Waals surface area contributed by atoms with E-state index in [9.17, 15) is 9.18 Å². The molecule has 0 fully saturated rings. The Hall–Kier alpha value is -1.90. The third-order valence-corrected chi connectivity index (χ3v) is 2.71. The van der Waals surface area contributed by atoms with Crippen molar-refractivity contribution in [1.29, 1.82) is 0 Å². The van der Waals surface area contributed by atoms with Crippen molar-refractivity contribution in [3.05, 3.63) is 58.8 Å². The van der Waals surface area contributed by atoms with Crippen molar-refractivity contribution in [2.24, 2.45) is 0 Å². The lowest BCUT2D eigenvalue weighted by atomic mass is 10.0. The molecular formula is C14H13FO2. The summed E-state index contributed by atoms with van der Waals surface area (Å²) in [5.41, 5.74) is 2.44. The fourth-order valence-electron chi connectivity index (χ4n) is 1.93. The van der Waals surface area contributed by atoms with Gasteiger partial charge in [-0.1, -0.05) is 12.1 Å². The van der Waals surface area contributed by atoms with E-state index >= 15 is 0 Å². The maximum Gasteiger partial charge on any atom is 0.163 e. The molecule has 0 saturated heterocycles. The van der Waals surface area contributed by atoms with Gasteiger partial charge in [-0.2, -0.15) is 0 Å². The van der Waals surface area contributed by atoms with Crippen molar-refractivity contribution in [2.75, 3.05) is 0 Å². The van der Waals surface area contributed by atoms with E-state index in [4.69, 9.17) is 4.42 Å². The van der Waals surface area contributed by atoms with Crippen LogP contribution in [-0.4, -0.2) is 5.78 Å². The third-order valence-electron chi connectivity index (χ3n) is 2.71. The summed E-state index contributed by atoms with van der Waals surface area (Å²) in [4.78, 5) is 11.5. The molecule has 0 N–H and O–H groups in total.